The molecule has 124 valence electrons. The van der Waals surface area contributed by atoms with E-state index in [1.54, 1.807) is 0 Å². The minimum absolute atomic E-state index is 0. The molecule has 1 atom stereocenters. The Morgan fingerprint density at radius 2 is 2.18 bits per heavy atom. The summed E-state index contributed by atoms with van der Waals surface area (Å²) < 4.78 is 5.77. The fourth-order valence-corrected chi connectivity index (χ4v) is 2.71. The second-order valence-corrected chi connectivity index (χ2v) is 5.83. The number of rotatable bonds is 5. The van der Waals surface area contributed by atoms with Gasteiger partial charge in [-0.3, -0.25) is 4.79 Å². The lowest BCUT2D eigenvalue weighted by Crippen LogP contribution is -2.47. The van der Waals surface area contributed by atoms with Crippen molar-refractivity contribution in [3.63, 3.8) is 0 Å². The van der Waals surface area contributed by atoms with E-state index in [9.17, 15) is 4.79 Å². The number of carbonyl (C=O) groups excluding carboxylic acids is 1. The Hall–Kier alpha value is -1.26. The van der Waals surface area contributed by atoms with E-state index >= 15 is 0 Å². The summed E-state index contributed by atoms with van der Waals surface area (Å²) in [6, 6.07) is 6.58. The highest BCUT2D eigenvalue weighted by Crippen LogP contribution is 2.19. The molecule has 1 fully saturated rings. The Bertz CT molecular complexity index is 494. The van der Waals surface area contributed by atoms with Crippen LogP contribution in [0.2, 0.25) is 0 Å². The highest BCUT2D eigenvalue weighted by atomic mass is 35.5. The molecular weight excluding hydrogens is 300 g/mol. The number of ether oxygens (including phenoxy) is 1. The van der Waals surface area contributed by atoms with Gasteiger partial charge in [0.05, 0.1) is 13.0 Å². The van der Waals surface area contributed by atoms with Gasteiger partial charge in [0.2, 0.25) is 5.91 Å². The van der Waals surface area contributed by atoms with E-state index in [4.69, 9.17) is 4.74 Å². The molecule has 1 aliphatic rings. The van der Waals surface area contributed by atoms with Gasteiger partial charge >= 0.3 is 0 Å². The molecule has 22 heavy (non-hydrogen) atoms. The number of halogens is 1. The van der Waals surface area contributed by atoms with Crippen molar-refractivity contribution < 1.29 is 9.53 Å². The molecule has 1 unspecified atom stereocenters. The Balaban J connectivity index is 0.00000242. The second-order valence-electron chi connectivity index (χ2n) is 5.83. The maximum atomic E-state index is 12.2. The fraction of sp³-hybridized carbons (Fsp3) is 0.588. The first kappa shape index (κ1) is 18.8. The number of amides is 1. The third kappa shape index (κ3) is 5.18. The van der Waals surface area contributed by atoms with Gasteiger partial charge in [-0.25, -0.2) is 0 Å². The van der Waals surface area contributed by atoms with Gasteiger partial charge < -0.3 is 15.0 Å². The van der Waals surface area contributed by atoms with Gasteiger partial charge in [0.25, 0.3) is 0 Å². The summed E-state index contributed by atoms with van der Waals surface area (Å²) in [6.07, 6.45) is 2.68. The average molecular weight is 327 g/mol. The summed E-state index contributed by atoms with van der Waals surface area (Å²) in [5.41, 5.74) is 2.29. The summed E-state index contributed by atoms with van der Waals surface area (Å²) in [5, 5.41) is 3.26. The van der Waals surface area contributed by atoms with Crippen LogP contribution in [0.4, 0.5) is 0 Å². The molecule has 1 amide bonds. The van der Waals surface area contributed by atoms with Crippen LogP contribution in [0.1, 0.15) is 30.4 Å². The molecule has 5 heteroatoms. The van der Waals surface area contributed by atoms with E-state index in [1.165, 1.54) is 5.56 Å². The molecule has 0 aliphatic carbocycles. The molecule has 1 heterocycles. The van der Waals surface area contributed by atoms with Crippen LogP contribution < -0.4 is 10.1 Å². The largest absolute Gasteiger partial charge is 0.493 e. The number of hydrogen-bond acceptors (Lipinski definition) is 3. The van der Waals surface area contributed by atoms with Gasteiger partial charge in [0.1, 0.15) is 5.75 Å². The lowest BCUT2D eigenvalue weighted by Gasteiger charge is -2.32. The number of hydrogen-bond donors (Lipinski definition) is 1. The number of carbonyl (C=O) groups is 1. The first-order chi connectivity index (χ1) is 10.1. The third-order valence-corrected chi connectivity index (χ3v) is 4.10. The molecule has 2 rings (SSSR count). The first-order valence-corrected chi connectivity index (χ1v) is 7.75. The van der Waals surface area contributed by atoms with E-state index in [0.717, 1.165) is 37.2 Å². The van der Waals surface area contributed by atoms with Crippen LogP contribution in [-0.2, 0) is 4.79 Å². The highest BCUT2D eigenvalue weighted by molar-refractivity contribution is 5.85. The number of piperidine rings is 1. The Morgan fingerprint density at radius 1 is 1.41 bits per heavy atom. The lowest BCUT2D eigenvalue weighted by atomic mass is 10.1. The summed E-state index contributed by atoms with van der Waals surface area (Å²) in [4.78, 5) is 14.2. The molecule has 0 bridgehead atoms. The molecule has 1 saturated heterocycles. The standard InChI is InChI=1S/C17H26N2O2.ClH/c1-13-6-7-14(2)16(11-13)21-10-8-17(20)19-9-4-5-15(12-19)18-3;/h6-7,11,15,18H,4-5,8-10,12H2,1-3H3;1H. The monoisotopic (exact) mass is 326 g/mol. The topological polar surface area (TPSA) is 41.6 Å². The first-order valence-electron chi connectivity index (χ1n) is 7.75. The zero-order chi connectivity index (χ0) is 15.2. The number of benzene rings is 1. The van der Waals surface area contributed by atoms with Crippen molar-refractivity contribution in [1.82, 2.24) is 10.2 Å². The van der Waals surface area contributed by atoms with Gasteiger partial charge in [-0.2, -0.15) is 0 Å². The van der Waals surface area contributed by atoms with Crippen LogP contribution in [0.3, 0.4) is 0 Å². The molecule has 0 saturated carbocycles. The fourth-order valence-electron chi connectivity index (χ4n) is 2.71. The molecule has 0 spiro atoms. The zero-order valence-electron chi connectivity index (χ0n) is 13.7. The number of likely N-dealkylation sites (tertiary alicyclic amines) is 1. The van der Waals surface area contributed by atoms with E-state index in [2.05, 4.69) is 17.4 Å². The molecular formula is C17H27ClN2O2. The van der Waals surface area contributed by atoms with Gasteiger partial charge in [-0.15, -0.1) is 12.4 Å². The van der Waals surface area contributed by atoms with E-state index in [0.29, 0.717) is 19.1 Å². The van der Waals surface area contributed by atoms with Gasteiger partial charge in [0, 0.05) is 19.1 Å². The van der Waals surface area contributed by atoms with Crippen LogP contribution in [0.15, 0.2) is 18.2 Å². The molecule has 1 N–H and O–H groups in total. The Kier molecular flexibility index (Phi) is 7.69. The zero-order valence-corrected chi connectivity index (χ0v) is 14.5. The van der Waals surface area contributed by atoms with Crippen molar-refractivity contribution >= 4 is 18.3 Å². The number of likely N-dealkylation sites (N-methyl/N-ethyl adjacent to an activating group) is 1. The van der Waals surface area contributed by atoms with Crippen LogP contribution in [0.5, 0.6) is 5.75 Å². The normalized spacial score (nSPS) is 17.8. The molecule has 1 aliphatic heterocycles. The maximum absolute atomic E-state index is 12.2. The number of nitrogens with one attached hydrogen (secondary N) is 1. The molecule has 1 aromatic rings. The van der Waals surface area contributed by atoms with Crippen molar-refractivity contribution in [2.75, 3.05) is 26.7 Å². The molecule has 4 nitrogen and oxygen atoms in total. The van der Waals surface area contributed by atoms with E-state index in [1.807, 2.05) is 31.9 Å². The summed E-state index contributed by atoms with van der Waals surface area (Å²) in [6.45, 7) is 6.21. The van der Waals surface area contributed by atoms with Crippen LogP contribution >= 0.6 is 12.4 Å². The average Bonchev–Trinajstić information content (AvgIpc) is 2.50. The van der Waals surface area contributed by atoms with Crippen molar-refractivity contribution in [1.29, 1.82) is 0 Å². The minimum atomic E-state index is 0. The van der Waals surface area contributed by atoms with Crippen molar-refractivity contribution in [2.24, 2.45) is 0 Å². The number of aryl methyl sites for hydroxylation is 2. The summed E-state index contributed by atoms with van der Waals surface area (Å²) in [5.74, 6) is 1.08. The van der Waals surface area contributed by atoms with Gasteiger partial charge in [-0.1, -0.05) is 12.1 Å². The van der Waals surface area contributed by atoms with Crippen LogP contribution in [0.25, 0.3) is 0 Å². The Morgan fingerprint density at radius 3 is 2.91 bits per heavy atom. The smallest absolute Gasteiger partial charge is 0.226 e. The third-order valence-electron chi connectivity index (χ3n) is 4.10. The second kappa shape index (κ2) is 9.01. The van der Waals surface area contributed by atoms with E-state index < -0.39 is 0 Å². The SMILES string of the molecule is CNC1CCCN(C(=O)CCOc2cc(C)ccc2C)C1.Cl. The van der Waals surface area contributed by atoms with Crippen molar-refractivity contribution in [2.45, 2.75) is 39.2 Å². The lowest BCUT2D eigenvalue weighted by molar-refractivity contribution is -0.133. The summed E-state index contributed by atoms with van der Waals surface area (Å²) in [7, 11) is 1.96. The van der Waals surface area contributed by atoms with Gasteiger partial charge in [0.15, 0.2) is 0 Å². The van der Waals surface area contributed by atoms with Crippen LogP contribution in [0, 0.1) is 13.8 Å². The maximum Gasteiger partial charge on any atom is 0.226 e. The number of nitrogens with zero attached hydrogens (tertiary/aromatic N) is 1. The van der Waals surface area contributed by atoms with Crippen molar-refractivity contribution in [3.8, 4) is 5.75 Å². The predicted octanol–water partition coefficient (Wildman–Crippen LogP) is 2.70. The molecule has 0 aromatic heterocycles. The highest BCUT2D eigenvalue weighted by Gasteiger charge is 2.22. The quantitative estimate of drug-likeness (QED) is 0.904. The predicted molar refractivity (Wildman–Crippen MR) is 91.9 cm³/mol. The van der Waals surface area contributed by atoms with Gasteiger partial charge in [-0.05, 0) is 50.9 Å². The van der Waals surface area contributed by atoms with Crippen molar-refractivity contribution in [3.05, 3.63) is 29.3 Å². The Labute approximate surface area is 139 Å². The molecule has 1 aromatic carbocycles. The molecule has 0 radical (unpaired) electrons. The summed E-state index contributed by atoms with van der Waals surface area (Å²) >= 11 is 0. The van der Waals surface area contributed by atoms with E-state index in [-0.39, 0.29) is 18.3 Å². The van der Waals surface area contributed by atoms with Crippen LogP contribution in [-0.4, -0.2) is 43.6 Å². The minimum Gasteiger partial charge on any atom is -0.493 e.